The molecule has 2 aromatic carbocycles. The number of ether oxygens (including phenoxy) is 2. The summed E-state index contributed by atoms with van der Waals surface area (Å²) in [5, 5.41) is 12.5. The first-order valence-corrected chi connectivity index (χ1v) is 11.0. The van der Waals surface area contributed by atoms with Crippen LogP contribution in [0.4, 0.5) is 0 Å². The second kappa shape index (κ2) is 10.8. The predicted octanol–water partition coefficient (Wildman–Crippen LogP) is 5.39. The van der Waals surface area contributed by atoms with E-state index < -0.39 is 0 Å². The van der Waals surface area contributed by atoms with E-state index in [4.69, 9.17) is 9.47 Å². The summed E-state index contributed by atoms with van der Waals surface area (Å²) in [6.45, 7) is 2.78. The van der Waals surface area contributed by atoms with Crippen molar-refractivity contribution in [1.29, 1.82) is 5.26 Å². The topological polar surface area (TPSA) is 71.3 Å². The molecule has 2 aromatic rings. The van der Waals surface area contributed by atoms with E-state index in [9.17, 15) is 10.1 Å². The summed E-state index contributed by atoms with van der Waals surface area (Å²) < 4.78 is 12.4. The van der Waals surface area contributed by atoms with Crippen molar-refractivity contribution in [2.75, 3.05) is 6.61 Å². The van der Waals surface area contributed by atoms with Crippen LogP contribution < -0.4 is 14.8 Å². The van der Waals surface area contributed by atoms with Gasteiger partial charge in [-0.15, -0.1) is 0 Å². The molecule has 0 aliphatic heterocycles. The Labute approximate surface area is 185 Å². The van der Waals surface area contributed by atoms with Gasteiger partial charge in [0.05, 0.1) is 6.61 Å². The number of carbonyl (C=O) groups excluding carboxylic acids is 1. The Morgan fingerprint density at radius 1 is 1.20 bits per heavy atom. The van der Waals surface area contributed by atoms with Gasteiger partial charge in [-0.2, -0.15) is 5.26 Å². The van der Waals surface area contributed by atoms with Gasteiger partial charge in [-0.05, 0) is 49.1 Å². The zero-order chi connectivity index (χ0) is 21.3. The Morgan fingerprint density at radius 2 is 1.90 bits per heavy atom. The summed E-state index contributed by atoms with van der Waals surface area (Å²) in [7, 11) is 0. The minimum Gasteiger partial charge on any atom is -0.490 e. The Hall–Kier alpha value is -2.78. The molecule has 0 radical (unpaired) electrons. The SMILES string of the molecule is CCOc1cc(/C=C(/C#N)C(=O)NC2CCCC2)c(Br)cc1OCc1ccccc1. The van der Waals surface area contributed by atoms with Crippen LogP contribution in [0.2, 0.25) is 0 Å². The van der Waals surface area contributed by atoms with Gasteiger partial charge in [0, 0.05) is 10.5 Å². The molecule has 5 nitrogen and oxygen atoms in total. The minimum absolute atomic E-state index is 0.0722. The van der Waals surface area contributed by atoms with E-state index in [0.29, 0.717) is 30.3 Å². The number of amides is 1. The van der Waals surface area contributed by atoms with E-state index in [1.54, 1.807) is 12.1 Å². The maximum absolute atomic E-state index is 12.5. The second-order valence-corrected chi connectivity index (χ2v) is 8.01. The van der Waals surface area contributed by atoms with E-state index in [0.717, 1.165) is 35.7 Å². The van der Waals surface area contributed by atoms with Gasteiger partial charge in [-0.1, -0.05) is 59.1 Å². The number of benzene rings is 2. The monoisotopic (exact) mass is 468 g/mol. The van der Waals surface area contributed by atoms with Crippen LogP contribution in [0.5, 0.6) is 11.5 Å². The second-order valence-electron chi connectivity index (χ2n) is 7.15. The first-order chi connectivity index (χ1) is 14.6. The lowest BCUT2D eigenvalue weighted by molar-refractivity contribution is -0.117. The third-order valence-corrected chi connectivity index (χ3v) is 5.64. The highest BCUT2D eigenvalue weighted by Gasteiger charge is 2.20. The lowest BCUT2D eigenvalue weighted by Crippen LogP contribution is -2.33. The first kappa shape index (κ1) is 21.9. The van der Waals surface area contributed by atoms with Crippen molar-refractivity contribution in [3.63, 3.8) is 0 Å². The number of nitrogens with zero attached hydrogens (tertiary/aromatic N) is 1. The summed E-state index contributed by atoms with van der Waals surface area (Å²) in [6.07, 6.45) is 5.75. The number of carbonyl (C=O) groups is 1. The largest absolute Gasteiger partial charge is 0.490 e. The van der Waals surface area contributed by atoms with E-state index in [2.05, 4.69) is 21.2 Å². The molecule has 1 amide bonds. The molecule has 1 aliphatic rings. The zero-order valence-electron chi connectivity index (χ0n) is 17.0. The van der Waals surface area contributed by atoms with Crippen molar-refractivity contribution in [2.45, 2.75) is 45.3 Å². The molecule has 1 N–H and O–H groups in total. The maximum Gasteiger partial charge on any atom is 0.262 e. The highest BCUT2D eigenvalue weighted by molar-refractivity contribution is 9.10. The van der Waals surface area contributed by atoms with Crippen molar-refractivity contribution in [3.05, 3.63) is 63.6 Å². The number of hydrogen-bond donors (Lipinski definition) is 1. The van der Waals surface area contributed by atoms with Crippen LogP contribution in [0, 0.1) is 11.3 Å². The molecule has 6 heteroatoms. The van der Waals surface area contributed by atoms with Crippen LogP contribution in [-0.2, 0) is 11.4 Å². The summed E-state index contributed by atoms with van der Waals surface area (Å²) in [5.41, 5.74) is 1.81. The van der Waals surface area contributed by atoms with Crippen molar-refractivity contribution in [1.82, 2.24) is 5.32 Å². The number of nitriles is 1. The van der Waals surface area contributed by atoms with Crippen molar-refractivity contribution in [3.8, 4) is 17.6 Å². The Balaban J connectivity index is 1.81. The number of hydrogen-bond acceptors (Lipinski definition) is 4. The van der Waals surface area contributed by atoms with Gasteiger partial charge < -0.3 is 14.8 Å². The molecule has 0 atom stereocenters. The van der Waals surface area contributed by atoms with Crippen molar-refractivity contribution >= 4 is 27.9 Å². The molecular formula is C24H25BrN2O3. The van der Waals surface area contributed by atoms with E-state index in [-0.39, 0.29) is 17.5 Å². The number of halogens is 1. The van der Waals surface area contributed by atoms with Gasteiger partial charge in [-0.3, -0.25) is 4.79 Å². The minimum atomic E-state index is -0.335. The molecule has 0 heterocycles. The fourth-order valence-electron chi connectivity index (χ4n) is 3.42. The Bertz CT molecular complexity index is 945. The molecule has 1 aliphatic carbocycles. The average molecular weight is 469 g/mol. The molecule has 0 saturated heterocycles. The normalized spacial score (nSPS) is 14.2. The molecular weight excluding hydrogens is 444 g/mol. The van der Waals surface area contributed by atoms with Crippen molar-refractivity contribution < 1.29 is 14.3 Å². The summed E-state index contributed by atoms with van der Waals surface area (Å²) >= 11 is 3.53. The first-order valence-electron chi connectivity index (χ1n) is 10.2. The fourth-order valence-corrected chi connectivity index (χ4v) is 3.85. The molecule has 0 aromatic heterocycles. The average Bonchev–Trinajstić information content (AvgIpc) is 3.26. The zero-order valence-corrected chi connectivity index (χ0v) is 18.6. The molecule has 0 unspecified atom stereocenters. The van der Waals surface area contributed by atoms with Crippen LogP contribution in [0.25, 0.3) is 6.08 Å². The van der Waals surface area contributed by atoms with Gasteiger partial charge in [0.2, 0.25) is 0 Å². The molecule has 0 bridgehead atoms. The van der Waals surface area contributed by atoms with Crippen LogP contribution in [0.3, 0.4) is 0 Å². The maximum atomic E-state index is 12.5. The van der Waals surface area contributed by atoms with Crippen molar-refractivity contribution in [2.24, 2.45) is 0 Å². The van der Waals surface area contributed by atoms with Crippen LogP contribution in [0.1, 0.15) is 43.7 Å². The number of rotatable bonds is 8. The predicted molar refractivity (Wildman–Crippen MR) is 120 cm³/mol. The smallest absolute Gasteiger partial charge is 0.262 e. The van der Waals surface area contributed by atoms with Crippen LogP contribution >= 0.6 is 15.9 Å². The highest BCUT2D eigenvalue weighted by Crippen LogP contribution is 2.35. The third-order valence-electron chi connectivity index (χ3n) is 4.96. The van der Waals surface area contributed by atoms with Gasteiger partial charge in [0.1, 0.15) is 18.2 Å². The quantitative estimate of drug-likeness (QED) is 0.416. The molecule has 0 spiro atoms. The molecule has 156 valence electrons. The van der Waals surface area contributed by atoms with E-state index >= 15 is 0 Å². The Kier molecular flexibility index (Phi) is 7.92. The van der Waals surface area contributed by atoms with Gasteiger partial charge in [-0.25, -0.2) is 0 Å². The van der Waals surface area contributed by atoms with Crippen LogP contribution in [0.15, 0.2) is 52.5 Å². The standard InChI is InChI=1S/C24H25BrN2O3/c1-2-29-22-13-18(12-19(15-26)24(28)27-20-10-6-7-11-20)21(25)14-23(22)30-16-17-8-4-3-5-9-17/h3-5,8-9,12-14,20H,2,6-7,10-11,16H2,1H3,(H,27,28)/b19-12-. The third kappa shape index (κ3) is 5.87. The summed E-state index contributed by atoms with van der Waals surface area (Å²) in [6, 6.07) is 15.7. The van der Waals surface area contributed by atoms with Gasteiger partial charge >= 0.3 is 0 Å². The lowest BCUT2D eigenvalue weighted by Gasteiger charge is -2.15. The van der Waals surface area contributed by atoms with E-state index in [1.807, 2.05) is 49.4 Å². The molecule has 30 heavy (non-hydrogen) atoms. The van der Waals surface area contributed by atoms with Gasteiger partial charge in [0.15, 0.2) is 11.5 Å². The van der Waals surface area contributed by atoms with Crippen LogP contribution in [-0.4, -0.2) is 18.6 Å². The lowest BCUT2D eigenvalue weighted by atomic mass is 10.1. The number of nitrogens with one attached hydrogen (secondary N) is 1. The van der Waals surface area contributed by atoms with Gasteiger partial charge in [0.25, 0.3) is 5.91 Å². The summed E-state index contributed by atoms with van der Waals surface area (Å²) in [5.74, 6) is 0.827. The summed E-state index contributed by atoms with van der Waals surface area (Å²) in [4.78, 5) is 12.5. The molecule has 1 fully saturated rings. The highest BCUT2D eigenvalue weighted by atomic mass is 79.9. The fraction of sp³-hybridized carbons (Fsp3) is 0.333. The molecule has 3 rings (SSSR count). The Morgan fingerprint density at radius 3 is 2.57 bits per heavy atom. The molecule has 1 saturated carbocycles. The van der Waals surface area contributed by atoms with E-state index in [1.165, 1.54) is 0 Å².